The van der Waals surface area contributed by atoms with Crippen LogP contribution in [-0.4, -0.2) is 88.9 Å². The molecular formula is C94H54N10O11S. The van der Waals surface area contributed by atoms with Gasteiger partial charge in [-0.2, -0.15) is 8.42 Å². The molecule has 0 fully saturated rings. The molecule has 14 aromatic carbocycles. The summed E-state index contributed by atoms with van der Waals surface area (Å²) in [7, 11) is -5.10. The number of hydrogen-bond donors (Lipinski definition) is 1. The van der Waals surface area contributed by atoms with Crippen molar-refractivity contribution in [1.29, 1.82) is 0 Å². The first-order valence-electron chi connectivity index (χ1n) is 36.9. The van der Waals surface area contributed by atoms with E-state index in [0.29, 0.717) is 62.2 Å². The maximum atomic E-state index is 15.6. The van der Waals surface area contributed by atoms with Crippen molar-refractivity contribution in [3.63, 3.8) is 0 Å². The quantitative estimate of drug-likeness (QED) is 0.0640. The molecular weight excluding hydrogens is 1480 g/mol. The molecule has 4 aliphatic rings. The van der Waals surface area contributed by atoms with Gasteiger partial charge >= 0.3 is 0 Å². The monoisotopic (exact) mass is 1530 g/mol. The summed E-state index contributed by atoms with van der Waals surface area (Å²) in [6, 6.07) is 84.5. The van der Waals surface area contributed by atoms with Crippen molar-refractivity contribution in [2.45, 2.75) is 11.8 Å². The average Bonchev–Trinajstić information content (AvgIpc) is 1.13. The third-order valence-corrected chi connectivity index (χ3v) is 23.0. The van der Waals surface area contributed by atoms with Crippen LogP contribution in [0.2, 0.25) is 0 Å². The van der Waals surface area contributed by atoms with Gasteiger partial charge in [-0.15, -0.1) is 0 Å². The molecule has 22 heteroatoms. The second-order valence-electron chi connectivity index (χ2n) is 28.6. The van der Waals surface area contributed by atoms with Crippen LogP contribution >= 0.6 is 0 Å². The standard InChI is InChI=1S/C94H54N10O11S/c1-52-47-58(37-35-53(52)33-34-54-36-38-59(51-79(54)116(113,114)115)101-89(107)65-43-45-69-83-70(46-44-66(81(65)83)90(101)108)94(112)104(93(69)111)78-32-18-17-31-77(78)103-76-30-16-13-27-73(76)97-86(103)57-23-9-4-10-24-57)100-87(105)63-39-41-67-82-68(42-40-64(80(63)82)88(100)106)92(110)102(91(67)109)62-49-60(98-74-28-14-11-25-71(74)95-84(98)55-19-5-2-6-20-55)48-61(50-62)99-75-29-15-12-26-72(75)96-85(99)56-21-7-3-8-22-56/h2-51H,1H3,(H,113,114,115)/b34-33+. The summed E-state index contributed by atoms with van der Waals surface area (Å²) in [5.41, 5.74) is 10.1. The lowest BCUT2D eigenvalue weighted by Gasteiger charge is -2.32. The van der Waals surface area contributed by atoms with Crippen LogP contribution in [0.5, 0.6) is 0 Å². The molecule has 0 atom stereocenters. The number of aryl methyl sites for hydroxylation is 1. The molecule has 0 aliphatic carbocycles. The highest BCUT2D eigenvalue weighted by Crippen LogP contribution is 2.47. The fraction of sp³-hybridized carbons (Fsp3) is 0.0106. The summed E-state index contributed by atoms with van der Waals surface area (Å²) in [5.74, 6) is -4.24. The van der Waals surface area contributed by atoms with E-state index in [-0.39, 0.29) is 94.4 Å². The third-order valence-electron chi connectivity index (χ3n) is 22.1. The smallest absolute Gasteiger partial charge is 0.292 e. The van der Waals surface area contributed by atoms with Crippen LogP contribution in [0.3, 0.4) is 0 Å². The molecule has 552 valence electrons. The lowest BCUT2D eigenvalue weighted by Crippen LogP contribution is -2.43. The maximum absolute atomic E-state index is 15.6. The molecule has 3 aromatic heterocycles. The minimum absolute atomic E-state index is 0.0474. The Kier molecular flexibility index (Phi) is 15.1. The van der Waals surface area contributed by atoms with Gasteiger partial charge in [0.05, 0.1) is 72.9 Å². The first-order valence-corrected chi connectivity index (χ1v) is 38.4. The number of amides is 8. The van der Waals surface area contributed by atoms with E-state index in [1.54, 1.807) is 61.5 Å². The second kappa shape index (κ2) is 25.6. The molecule has 0 saturated carbocycles. The molecule has 116 heavy (non-hydrogen) atoms. The summed E-state index contributed by atoms with van der Waals surface area (Å²) >= 11 is 0. The minimum atomic E-state index is -5.10. The molecule has 21 rings (SSSR count). The van der Waals surface area contributed by atoms with Gasteiger partial charge in [-0.3, -0.25) is 56.6 Å². The van der Waals surface area contributed by atoms with E-state index in [0.717, 1.165) is 58.9 Å². The van der Waals surface area contributed by atoms with Gasteiger partial charge in [0.15, 0.2) is 0 Å². The zero-order valence-corrected chi connectivity index (χ0v) is 61.6. The van der Waals surface area contributed by atoms with E-state index < -0.39 is 62.3 Å². The number of carbonyl (C=O) groups excluding carboxylic acids is 8. The predicted molar refractivity (Wildman–Crippen MR) is 442 cm³/mol. The van der Waals surface area contributed by atoms with E-state index in [1.165, 1.54) is 72.8 Å². The highest BCUT2D eigenvalue weighted by Gasteiger charge is 2.45. The van der Waals surface area contributed by atoms with Gasteiger partial charge in [-0.25, -0.2) is 34.6 Å². The van der Waals surface area contributed by atoms with Crippen molar-refractivity contribution in [2.24, 2.45) is 0 Å². The fourth-order valence-electron chi connectivity index (χ4n) is 16.9. The van der Waals surface area contributed by atoms with Crippen LogP contribution in [0.4, 0.5) is 22.7 Å². The zero-order valence-electron chi connectivity index (χ0n) is 60.8. The molecule has 1 N–H and O–H groups in total. The number of fused-ring (bicyclic) bond motifs is 3. The van der Waals surface area contributed by atoms with E-state index in [2.05, 4.69) is 0 Å². The molecule has 21 nitrogen and oxygen atoms in total. The number of aromatic nitrogens is 6. The van der Waals surface area contributed by atoms with Crippen molar-refractivity contribution >= 4 is 147 Å². The lowest BCUT2D eigenvalue weighted by atomic mass is 9.85. The number of rotatable bonds is 13. The molecule has 7 heterocycles. The summed E-state index contributed by atoms with van der Waals surface area (Å²) in [6.45, 7) is 1.71. The Labute approximate surface area is 658 Å². The number of para-hydroxylation sites is 8. The Morgan fingerprint density at radius 1 is 0.284 bits per heavy atom. The SMILES string of the molecule is Cc1cc(N2C(=O)c3ccc4c5c(ccc(c35)C2=O)C(=O)N(c2cc(-n3c(-c5ccccc5)nc5ccccc53)cc(-n3c(-c5ccccc5)nc5ccccc53)c2)C4=O)ccc1/C=C/c1ccc(N2C(=O)c3ccc4c5c(ccc(c35)C2=O)C(=O)N(c2ccccc2-n2c(-c3ccccc3)nc3ccccc32)C4=O)cc1S(=O)(=O)O. The van der Waals surface area contributed by atoms with Crippen LogP contribution in [0, 0.1) is 6.92 Å². The van der Waals surface area contributed by atoms with Crippen molar-refractivity contribution < 1.29 is 51.3 Å². The highest BCUT2D eigenvalue weighted by atomic mass is 32.2. The van der Waals surface area contributed by atoms with Crippen LogP contribution < -0.4 is 19.6 Å². The van der Waals surface area contributed by atoms with Crippen molar-refractivity contribution in [3.05, 3.63) is 352 Å². The van der Waals surface area contributed by atoms with E-state index in [9.17, 15) is 22.6 Å². The summed E-state index contributed by atoms with van der Waals surface area (Å²) in [4.78, 5) is 140. The predicted octanol–water partition coefficient (Wildman–Crippen LogP) is 17.9. The Bertz CT molecular complexity index is 7260. The number of hydrogen-bond acceptors (Lipinski definition) is 13. The minimum Gasteiger partial charge on any atom is -0.292 e. The summed E-state index contributed by atoms with van der Waals surface area (Å²) in [5, 5.41) is 0.468. The molecule has 0 spiro atoms. The second-order valence-corrected chi connectivity index (χ2v) is 30.0. The van der Waals surface area contributed by atoms with Crippen molar-refractivity contribution in [3.8, 4) is 51.2 Å². The Balaban J connectivity index is 0.574. The third kappa shape index (κ3) is 10.2. The molecule has 0 saturated heterocycles. The molecule has 8 amide bonds. The Morgan fingerprint density at radius 3 is 0.974 bits per heavy atom. The number of carbonyl (C=O) groups is 8. The van der Waals surface area contributed by atoms with Gasteiger partial charge < -0.3 is 0 Å². The summed E-state index contributed by atoms with van der Waals surface area (Å²) in [6.07, 6.45) is 2.95. The van der Waals surface area contributed by atoms with Crippen LogP contribution in [0.15, 0.2) is 296 Å². The summed E-state index contributed by atoms with van der Waals surface area (Å²) < 4.78 is 43.6. The molecule has 0 radical (unpaired) electrons. The van der Waals surface area contributed by atoms with E-state index in [4.69, 9.17) is 15.0 Å². The van der Waals surface area contributed by atoms with Crippen LogP contribution in [-0.2, 0) is 10.1 Å². The van der Waals surface area contributed by atoms with Crippen LogP contribution in [0.1, 0.15) is 99.6 Å². The van der Waals surface area contributed by atoms with Gasteiger partial charge in [0.1, 0.15) is 22.4 Å². The topological polar surface area (TPSA) is 257 Å². The molecule has 17 aromatic rings. The first kappa shape index (κ1) is 68.3. The number of imide groups is 4. The van der Waals surface area contributed by atoms with Gasteiger partial charge in [0.25, 0.3) is 57.4 Å². The van der Waals surface area contributed by atoms with Gasteiger partial charge in [0, 0.05) is 82.7 Å². The normalized spacial score (nSPS) is 14.1. The van der Waals surface area contributed by atoms with Gasteiger partial charge in [-0.05, 0) is 163 Å². The van der Waals surface area contributed by atoms with Crippen molar-refractivity contribution in [2.75, 3.05) is 19.6 Å². The van der Waals surface area contributed by atoms with Gasteiger partial charge in [-0.1, -0.05) is 164 Å². The van der Waals surface area contributed by atoms with Crippen LogP contribution in [0.25, 0.3) is 118 Å². The Morgan fingerprint density at radius 2 is 0.586 bits per heavy atom. The van der Waals surface area contributed by atoms with Crippen molar-refractivity contribution in [1.82, 2.24) is 28.7 Å². The largest absolute Gasteiger partial charge is 0.295 e. The molecule has 0 bridgehead atoms. The van der Waals surface area contributed by atoms with Gasteiger partial charge in [0.2, 0.25) is 0 Å². The first-order chi connectivity index (χ1) is 56.4. The Hall–Kier alpha value is -15.8. The zero-order chi connectivity index (χ0) is 78.8. The number of imidazole rings is 3. The maximum Gasteiger partial charge on any atom is 0.295 e. The number of benzene rings is 14. The lowest BCUT2D eigenvalue weighted by molar-refractivity contribution is 0.0873. The molecule has 0 unspecified atom stereocenters. The number of nitrogens with zero attached hydrogens (tertiary/aromatic N) is 10. The molecule has 4 aliphatic heterocycles. The fourth-order valence-corrected chi connectivity index (χ4v) is 17.6. The van der Waals surface area contributed by atoms with E-state index >= 15 is 28.8 Å². The average molecular weight is 1530 g/mol. The highest BCUT2D eigenvalue weighted by molar-refractivity contribution is 7.86. The number of anilines is 4. The van der Waals surface area contributed by atoms with E-state index in [1.807, 2.05) is 184 Å².